The Labute approximate surface area is 161 Å². The lowest BCUT2D eigenvalue weighted by Crippen LogP contribution is -2.42. The van der Waals surface area contributed by atoms with Crippen molar-refractivity contribution in [3.05, 3.63) is 18.0 Å². The Morgan fingerprint density at radius 3 is 3.04 bits per heavy atom. The topological polar surface area (TPSA) is 59.4 Å². The molecule has 1 saturated carbocycles. The summed E-state index contributed by atoms with van der Waals surface area (Å²) in [5, 5.41) is 7.45. The van der Waals surface area contributed by atoms with Crippen LogP contribution in [0.3, 0.4) is 0 Å². The number of fused-ring (bicyclic) bond motifs is 1. The van der Waals surface area contributed by atoms with Crippen LogP contribution >= 0.6 is 0 Å². The minimum atomic E-state index is 0.0932. The van der Waals surface area contributed by atoms with Crippen LogP contribution in [0.15, 0.2) is 12.3 Å². The summed E-state index contributed by atoms with van der Waals surface area (Å²) < 4.78 is 8.41. The number of ether oxygens (including phenoxy) is 1. The molecule has 4 aliphatic rings. The monoisotopic (exact) mass is 372 g/mol. The Morgan fingerprint density at radius 1 is 1.41 bits per heavy atom. The fourth-order valence-corrected chi connectivity index (χ4v) is 5.90. The van der Waals surface area contributed by atoms with E-state index in [0.29, 0.717) is 30.9 Å². The zero-order valence-corrected chi connectivity index (χ0v) is 16.4. The zero-order valence-electron chi connectivity index (χ0n) is 16.4. The van der Waals surface area contributed by atoms with Gasteiger partial charge in [0.15, 0.2) is 0 Å². The maximum absolute atomic E-state index is 12.4. The summed E-state index contributed by atoms with van der Waals surface area (Å²) in [5.41, 5.74) is 1.19. The maximum atomic E-state index is 12.4. The molecular weight excluding hydrogens is 340 g/mol. The molecule has 1 spiro atoms. The molecule has 4 atom stereocenters. The highest BCUT2D eigenvalue weighted by atomic mass is 16.5. The van der Waals surface area contributed by atoms with Crippen molar-refractivity contribution < 1.29 is 9.53 Å². The van der Waals surface area contributed by atoms with E-state index in [0.717, 1.165) is 24.7 Å². The number of nitrogens with zero attached hydrogens (tertiary/aromatic N) is 3. The highest BCUT2D eigenvalue weighted by molar-refractivity contribution is 5.75. The van der Waals surface area contributed by atoms with Crippen molar-refractivity contribution >= 4 is 5.91 Å². The minimum Gasteiger partial charge on any atom is -0.370 e. The minimum absolute atomic E-state index is 0.0932. The van der Waals surface area contributed by atoms with E-state index in [-0.39, 0.29) is 11.5 Å². The normalized spacial score (nSPS) is 35.4. The van der Waals surface area contributed by atoms with E-state index < -0.39 is 0 Å². The molecule has 1 aliphatic carbocycles. The lowest BCUT2D eigenvalue weighted by Gasteiger charge is -2.31. The first-order chi connectivity index (χ1) is 13.1. The molecule has 5 rings (SSSR count). The predicted molar refractivity (Wildman–Crippen MR) is 102 cm³/mol. The average Bonchev–Trinajstić information content (AvgIpc) is 3.35. The number of hydrogen-bond acceptors (Lipinski definition) is 4. The standard InChI is InChI=1S/C21H32N4O2/c1-15-6-9-23-25(15)10-7-20(26)22-11-17-18-13-24(12-16-3-2-4-16)14-21(18)8-5-19(17)27-21/h6,9,16-19H,2-5,7-8,10-14H2,1H3,(H,22,26)/t17-,18+,19+,21+/m0/s1. The van der Waals surface area contributed by atoms with Gasteiger partial charge in [0.2, 0.25) is 5.91 Å². The molecule has 3 aliphatic heterocycles. The van der Waals surface area contributed by atoms with Crippen molar-refractivity contribution in [2.24, 2.45) is 17.8 Å². The van der Waals surface area contributed by atoms with E-state index in [4.69, 9.17) is 4.74 Å². The van der Waals surface area contributed by atoms with Crippen LogP contribution in [0.2, 0.25) is 0 Å². The Balaban J connectivity index is 1.14. The Bertz CT molecular complexity index is 700. The van der Waals surface area contributed by atoms with Crippen LogP contribution in [0.5, 0.6) is 0 Å². The average molecular weight is 373 g/mol. The fraction of sp³-hybridized carbons (Fsp3) is 0.810. The summed E-state index contributed by atoms with van der Waals surface area (Å²) in [5.74, 6) is 2.14. The molecule has 1 amide bonds. The molecule has 0 aromatic carbocycles. The number of aromatic nitrogens is 2. The van der Waals surface area contributed by atoms with E-state index >= 15 is 0 Å². The Hall–Kier alpha value is -1.40. The van der Waals surface area contributed by atoms with Crippen molar-refractivity contribution in [1.82, 2.24) is 20.0 Å². The Kier molecular flexibility index (Phi) is 4.51. The Morgan fingerprint density at radius 2 is 2.30 bits per heavy atom. The SMILES string of the molecule is Cc1ccnn1CCC(=O)NC[C@H]1[C@H]2CN(CC3CCC3)C[C@]23CC[C@H]1O3. The number of likely N-dealkylation sites (tertiary alicyclic amines) is 1. The maximum Gasteiger partial charge on any atom is 0.221 e. The number of aryl methyl sites for hydroxylation is 2. The fourth-order valence-electron chi connectivity index (χ4n) is 5.90. The molecule has 2 bridgehead atoms. The summed E-state index contributed by atoms with van der Waals surface area (Å²) in [7, 11) is 0. The van der Waals surface area contributed by atoms with Crippen LogP contribution in [0.4, 0.5) is 0 Å². The molecule has 0 radical (unpaired) electrons. The number of carbonyl (C=O) groups excluding carboxylic acids is 1. The summed E-state index contributed by atoms with van der Waals surface area (Å²) in [6.07, 6.45) is 9.25. The van der Waals surface area contributed by atoms with Gasteiger partial charge in [0.05, 0.1) is 11.7 Å². The van der Waals surface area contributed by atoms with E-state index in [2.05, 4.69) is 15.3 Å². The number of hydrogen-bond donors (Lipinski definition) is 1. The van der Waals surface area contributed by atoms with Crippen molar-refractivity contribution in [2.45, 2.75) is 63.7 Å². The number of rotatable bonds is 7. The molecule has 3 saturated heterocycles. The largest absolute Gasteiger partial charge is 0.370 e. The second kappa shape index (κ2) is 6.89. The highest BCUT2D eigenvalue weighted by Crippen LogP contribution is 2.54. The van der Waals surface area contributed by atoms with Gasteiger partial charge in [0.25, 0.3) is 0 Å². The molecule has 4 fully saturated rings. The number of nitrogens with one attached hydrogen (secondary N) is 1. The first kappa shape index (κ1) is 17.7. The molecule has 27 heavy (non-hydrogen) atoms. The first-order valence-corrected chi connectivity index (χ1v) is 10.8. The van der Waals surface area contributed by atoms with Gasteiger partial charge >= 0.3 is 0 Å². The van der Waals surface area contributed by atoms with Gasteiger partial charge in [-0.3, -0.25) is 14.4 Å². The first-order valence-electron chi connectivity index (χ1n) is 10.8. The van der Waals surface area contributed by atoms with Gasteiger partial charge in [-0.15, -0.1) is 0 Å². The molecule has 4 heterocycles. The third-order valence-corrected chi connectivity index (χ3v) is 7.61. The van der Waals surface area contributed by atoms with E-state index in [9.17, 15) is 4.79 Å². The predicted octanol–water partition coefficient (Wildman–Crippen LogP) is 1.98. The van der Waals surface area contributed by atoms with Gasteiger partial charge < -0.3 is 10.1 Å². The molecule has 6 nitrogen and oxygen atoms in total. The molecule has 148 valence electrons. The van der Waals surface area contributed by atoms with Gasteiger partial charge in [-0.25, -0.2) is 0 Å². The van der Waals surface area contributed by atoms with Crippen LogP contribution in [0, 0.1) is 24.7 Å². The van der Waals surface area contributed by atoms with E-state index in [1.165, 1.54) is 45.2 Å². The molecule has 1 aromatic rings. The second-order valence-corrected chi connectivity index (χ2v) is 9.27. The van der Waals surface area contributed by atoms with Crippen molar-refractivity contribution in [2.75, 3.05) is 26.2 Å². The van der Waals surface area contributed by atoms with Crippen LogP contribution < -0.4 is 5.32 Å². The van der Waals surface area contributed by atoms with Crippen LogP contribution in [-0.2, 0) is 16.1 Å². The molecule has 1 aromatic heterocycles. The molecule has 0 unspecified atom stereocenters. The summed E-state index contributed by atoms with van der Waals surface area (Å²) in [6, 6.07) is 1.97. The summed E-state index contributed by atoms with van der Waals surface area (Å²) in [4.78, 5) is 15.0. The van der Waals surface area contributed by atoms with Crippen LogP contribution in [0.1, 0.15) is 44.2 Å². The lowest BCUT2D eigenvalue weighted by molar-refractivity contribution is -0.121. The van der Waals surface area contributed by atoms with Crippen molar-refractivity contribution in [3.63, 3.8) is 0 Å². The molecule has 6 heteroatoms. The number of carbonyl (C=O) groups is 1. The number of amides is 1. The smallest absolute Gasteiger partial charge is 0.221 e. The van der Waals surface area contributed by atoms with Gasteiger partial charge in [-0.1, -0.05) is 6.42 Å². The third-order valence-electron chi connectivity index (χ3n) is 7.61. The van der Waals surface area contributed by atoms with Crippen molar-refractivity contribution in [1.29, 1.82) is 0 Å². The van der Waals surface area contributed by atoms with E-state index in [1.807, 2.05) is 17.7 Å². The highest BCUT2D eigenvalue weighted by Gasteiger charge is 2.62. The zero-order chi connectivity index (χ0) is 18.4. The van der Waals surface area contributed by atoms with Crippen molar-refractivity contribution in [3.8, 4) is 0 Å². The van der Waals surface area contributed by atoms with Gasteiger partial charge in [0.1, 0.15) is 0 Å². The van der Waals surface area contributed by atoms with Crippen LogP contribution in [0.25, 0.3) is 0 Å². The van der Waals surface area contributed by atoms with Gasteiger partial charge in [-0.05, 0) is 44.6 Å². The van der Waals surface area contributed by atoms with Crippen LogP contribution in [-0.4, -0.2) is 58.5 Å². The molecular formula is C21H32N4O2. The van der Waals surface area contributed by atoms with Gasteiger partial charge in [0, 0.05) is 62.9 Å². The molecule has 1 N–H and O–H groups in total. The summed E-state index contributed by atoms with van der Waals surface area (Å²) >= 11 is 0. The van der Waals surface area contributed by atoms with E-state index in [1.54, 1.807) is 6.20 Å². The quantitative estimate of drug-likeness (QED) is 0.795. The summed E-state index contributed by atoms with van der Waals surface area (Å²) in [6.45, 7) is 6.98. The van der Waals surface area contributed by atoms with Gasteiger partial charge in [-0.2, -0.15) is 5.10 Å². The second-order valence-electron chi connectivity index (χ2n) is 9.27. The lowest BCUT2D eigenvalue weighted by atomic mass is 9.73. The third kappa shape index (κ3) is 3.21.